The van der Waals surface area contributed by atoms with Gasteiger partial charge in [-0.05, 0) is 37.4 Å². The molecule has 1 aromatic carbocycles. The maximum atomic E-state index is 14.2. The van der Waals surface area contributed by atoms with E-state index in [0.29, 0.717) is 27.2 Å². The SMILES string of the molecule is C=CCN1C(=O)[C@]2(SC1=S)[C@H](c1ccco1)CN(C)[C@@]21C(=O)N(C)c2ccc(Cl)cc21. The van der Waals surface area contributed by atoms with Gasteiger partial charge >= 0.3 is 0 Å². The van der Waals surface area contributed by atoms with Crippen molar-refractivity contribution >= 4 is 57.4 Å². The van der Waals surface area contributed by atoms with Crippen LogP contribution in [0.3, 0.4) is 0 Å². The van der Waals surface area contributed by atoms with Gasteiger partial charge in [0.1, 0.15) is 14.8 Å². The number of hydrogen-bond acceptors (Lipinski definition) is 6. The Labute approximate surface area is 194 Å². The topological polar surface area (TPSA) is 57.0 Å². The molecule has 2 saturated heterocycles. The monoisotopic (exact) mass is 473 g/mol. The minimum atomic E-state index is -1.28. The summed E-state index contributed by atoms with van der Waals surface area (Å²) in [5.41, 5.74) is 0.177. The number of benzene rings is 1. The molecule has 0 radical (unpaired) electrons. The number of hydrogen-bond donors (Lipinski definition) is 0. The van der Waals surface area contributed by atoms with Gasteiger partial charge in [0.05, 0.1) is 12.2 Å². The maximum Gasteiger partial charge on any atom is 0.254 e. The largest absolute Gasteiger partial charge is 0.469 e. The van der Waals surface area contributed by atoms with Crippen molar-refractivity contribution in [3.8, 4) is 0 Å². The third-order valence-corrected chi connectivity index (χ3v) is 8.79. The first-order valence-corrected chi connectivity index (χ1v) is 11.4. The number of furan rings is 1. The molecule has 2 spiro atoms. The van der Waals surface area contributed by atoms with Crippen molar-refractivity contribution in [2.24, 2.45) is 0 Å². The number of carbonyl (C=O) groups excluding carboxylic acids is 2. The maximum absolute atomic E-state index is 14.2. The lowest BCUT2D eigenvalue weighted by atomic mass is 9.73. The number of carbonyl (C=O) groups is 2. The summed E-state index contributed by atoms with van der Waals surface area (Å²) < 4.78 is 4.98. The molecule has 0 saturated carbocycles. The number of rotatable bonds is 3. The van der Waals surface area contributed by atoms with Gasteiger partial charge in [-0.1, -0.05) is 41.7 Å². The third-order valence-electron chi connectivity index (χ3n) is 6.61. The Bertz CT molecular complexity index is 1140. The Morgan fingerprint density at radius 1 is 1.32 bits per heavy atom. The van der Waals surface area contributed by atoms with E-state index in [1.54, 1.807) is 47.4 Å². The summed E-state index contributed by atoms with van der Waals surface area (Å²) >= 11 is 13.3. The summed E-state index contributed by atoms with van der Waals surface area (Å²) in [7, 11) is 3.61. The highest BCUT2D eigenvalue weighted by atomic mass is 35.5. The molecule has 1 aromatic heterocycles. The summed E-state index contributed by atoms with van der Waals surface area (Å²) in [4.78, 5) is 33.4. The van der Waals surface area contributed by atoms with Gasteiger partial charge in [-0.15, -0.1) is 6.58 Å². The first kappa shape index (κ1) is 20.8. The number of thioether (sulfide) groups is 1. The molecule has 31 heavy (non-hydrogen) atoms. The van der Waals surface area contributed by atoms with E-state index in [2.05, 4.69) is 6.58 Å². The average Bonchev–Trinajstić information content (AvgIpc) is 3.45. The number of thiocarbonyl (C=S) groups is 1. The van der Waals surface area contributed by atoms with Gasteiger partial charge in [0.25, 0.3) is 5.91 Å². The normalized spacial score (nSPS) is 30.3. The van der Waals surface area contributed by atoms with Crippen LogP contribution in [0.5, 0.6) is 0 Å². The minimum Gasteiger partial charge on any atom is -0.469 e. The molecule has 2 fully saturated rings. The highest BCUT2D eigenvalue weighted by Gasteiger charge is 2.79. The van der Waals surface area contributed by atoms with Crippen LogP contribution in [0.1, 0.15) is 17.2 Å². The van der Waals surface area contributed by atoms with E-state index in [1.165, 1.54) is 11.8 Å². The van der Waals surface area contributed by atoms with Gasteiger partial charge in [0.15, 0.2) is 5.54 Å². The summed E-state index contributed by atoms with van der Waals surface area (Å²) in [6.45, 7) is 4.50. The highest BCUT2D eigenvalue weighted by molar-refractivity contribution is 8.25. The van der Waals surface area contributed by atoms with Crippen molar-refractivity contribution < 1.29 is 14.0 Å². The van der Waals surface area contributed by atoms with Gasteiger partial charge in [-0.2, -0.15) is 0 Å². The fraction of sp³-hybridized carbons (Fsp3) is 0.318. The Kier molecular flexibility index (Phi) is 4.64. The molecule has 0 N–H and O–H groups in total. The second-order valence-corrected chi connectivity index (χ2v) is 10.3. The molecule has 3 aliphatic heterocycles. The summed E-state index contributed by atoms with van der Waals surface area (Å²) in [6, 6.07) is 9.04. The van der Waals surface area contributed by atoms with Crippen LogP contribution >= 0.6 is 35.6 Å². The van der Waals surface area contributed by atoms with Crippen LogP contribution in [0.2, 0.25) is 5.02 Å². The Morgan fingerprint density at radius 3 is 2.77 bits per heavy atom. The Morgan fingerprint density at radius 2 is 2.10 bits per heavy atom. The number of halogens is 1. The van der Waals surface area contributed by atoms with Crippen LogP contribution in [0.25, 0.3) is 0 Å². The molecule has 0 bridgehead atoms. The van der Waals surface area contributed by atoms with Gasteiger partial charge in [0, 0.05) is 36.4 Å². The molecule has 3 atom stereocenters. The van der Waals surface area contributed by atoms with E-state index in [-0.39, 0.29) is 24.3 Å². The second-order valence-electron chi connectivity index (χ2n) is 7.99. The molecule has 0 aliphatic carbocycles. The molecule has 2 amide bonds. The number of nitrogens with zero attached hydrogens (tertiary/aromatic N) is 3. The Balaban J connectivity index is 1.85. The second kappa shape index (κ2) is 6.93. The van der Waals surface area contributed by atoms with Crippen molar-refractivity contribution in [2.45, 2.75) is 16.2 Å². The van der Waals surface area contributed by atoms with Crippen molar-refractivity contribution in [1.82, 2.24) is 9.80 Å². The number of anilines is 1. The van der Waals surface area contributed by atoms with Crippen molar-refractivity contribution in [1.29, 1.82) is 0 Å². The summed E-state index contributed by atoms with van der Waals surface area (Å²) in [5.74, 6) is -0.119. The average molecular weight is 474 g/mol. The van der Waals surface area contributed by atoms with Crippen molar-refractivity contribution in [3.05, 3.63) is 65.6 Å². The van der Waals surface area contributed by atoms with Crippen LogP contribution in [-0.4, -0.2) is 57.9 Å². The Hall–Kier alpha value is -2.13. The lowest BCUT2D eigenvalue weighted by molar-refractivity contribution is -0.138. The molecule has 4 heterocycles. The first-order chi connectivity index (χ1) is 14.8. The van der Waals surface area contributed by atoms with Gasteiger partial charge < -0.3 is 9.32 Å². The fourth-order valence-corrected chi connectivity index (χ4v) is 7.69. The van der Waals surface area contributed by atoms with Crippen molar-refractivity contribution in [3.63, 3.8) is 0 Å². The fourth-order valence-electron chi connectivity index (χ4n) is 5.40. The summed E-state index contributed by atoms with van der Waals surface area (Å²) in [6.07, 6.45) is 3.23. The molecule has 2 aromatic rings. The van der Waals surface area contributed by atoms with Gasteiger partial charge in [-0.3, -0.25) is 19.4 Å². The van der Waals surface area contributed by atoms with E-state index in [0.717, 1.165) is 5.69 Å². The predicted molar refractivity (Wildman–Crippen MR) is 125 cm³/mol. The molecular weight excluding hydrogens is 454 g/mol. The first-order valence-electron chi connectivity index (χ1n) is 9.79. The molecule has 6 nitrogen and oxygen atoms in total. The van der Waals surface area contributed by atoms with Crippen LogP contribution in [0.4, 0.5) is 5.69 Å². The lowest BCUT2D eigenvalue weighted by Gasteiger charge is -2.41. The number of amides is 2. The zero-order chi connectivity index (χ0) is 22.1. The van der Waals surface area contributed by atoms with E-state index < -0.39 is 10.3 Å². The minimum absolute atomic E-state index is 0.176. The molecule has 0 unspecified atom stereocenters. The molecule has 9 heteroatoms. The van der Waals surface area contributed by atoms with Crippen LogP contribution in [0, 0.1) is 0 Å². The lowest BCUT2D eigenvalue weighted by Crippen LogP contribution is -2.62. The van der Waals surface area contributed by atoms with Crippen molar-refractivity contribution in [2.75, 3.05) is 32.1 Å². The zero-order valence-electron chi connectivity index (χ0n) is 17.0. The number of likely N-dealkylation sites (N-methyl/N-ethyl adjacent to an activating group) is 2. The molecule has 160 valence electrons. The smallest absolute Gasteiger partial charge is 0.254 e. The van der Waals surface area contributed by atoms with E-state index in [9.17, 15) is 9.59 Å². The number of fused-ring (bicyclic) bond motifs is 3. The van der Waals surface area contributed by atoms with Gasteiger partial charge in [0.2, 0.25) is 5.91 Å². The molecule has 3 aliphatic rings. The third kappa shape index (κ3) is 2.36. The van der Waals surface area contributed by atoms with Crippen LogP contribution < -0.4 is 4.90 Å². The van der Waals surface area contributed by atoms with E-state index in [1.807, 2.05) is 24.1 Å². The van der Waals surface area contributed by atoms with Crippen LogP contribution in [0.15, 0.2) is 53.7 Å². The predicted octanol–water partition coefficient (Wildman–Crippen LogP) is 3.62. The quantitative estimate of drug-likeness (QED) is 0.501. The van der Waals surface area contributed by atoms with E-state index >= 15 is 0 Å². The highest BCUT2D eigenvalue weighted by Crippen LogP contribution is 2.66. The standard InChI is InChI=1S/C22H20ClN3O3S2/c1-4-9-26-19(28)22(31-20(26)30)15(17-6-5-10-29-17)12-24(2)21(22)14-11-13(23)7-8-16(14)25(3)18(21)27/h4-8,10-11,15H,1,9,12H2,2-3H3/t15-,21-,22+/m0/s1. The van der Waals surface area contributed by atoms with E-state index in [4.69, 9.17) is 28.2 Å². The molecular formula is C22H20ClN3O3S2. The molecule has 5 rings (SSSR count). The van der Waals surface area contributed by atoms with Crippen LogP contribution in [-0.2, 0) is 15.1 Å². The zero-order valence-corrected chi connectivity index (χ0v) is 19.4. The summed E-state index contributed by atoms with van der Waals surface area (Å²) in [5, 5.41) is 0.507. The number of likely N-dealkylation sites (tertiary alicyclic amines) is 1. The van der Waals surface area contributed by atoms with Gasteiger partial charge in [-0.25, -0.2) is 0 Å².